The van der Waals surface area contributed by atoms with Crippen molar-refractivity contribution in [3.8, 4) is 5.75 Å². The third-order valence-electron chi connectivity index (χ3n) is 4.26. The van der Waals surface area contributed by atoms with Gasteiger partial charge in [0, 0.05) is 12.0 Å². The van der Waals surface area contributed by atoms with Gasteiger partial charge in [-0.25, -0.2) is 0 Å². The summed E-state index contributed by atoms with van der Waals surface area (Å²) < 4.78 is 5.75. The van der Waals surface area contributed by atoms with Crippen LogP contribution in [0.1, 0.15) is 43.9 Å². The first-order valence-electron chi connectivity index (χ1n) is 7.47. The predicted molar refractivity (Wildman–Crippen MR) is 84.7 cm³/mol. The van der Waals surface area contributed by atoms with Gasteiger partial charge in [0.25, 0.3) is 0 Å². The van der Waals surface area contributed by atoms with E-state index in [2.05, 4.69) is 32.9 Å². The minimum Gasteiger partial charge on any atom is -0.493 e. The van der Waals surface area contributed by atoms with E-state index in [0.717, 1.165) is 16.9 Å². The summed E-state index contributed by atoms with van der Waals surface area (Å²) in [5, 5.41) is 11.3. The molecular formula is C19H22O2. The van der Waals surface area contributed by atoms with Gasteiger partial charge >= 0.3 is 0 Å². The smallest absolute Gasteiger partial charge is 0.125 e. The minimum absolute atomic E-state index is 0.0457. The molecule has 2 aromatic carbocycles. The lowest BCUT2D eigenvalue weighted by Crippen LogP contribution is -2.34. The highest BCUT2D eigenvalue weighted by atomic mass is 16.5. The van der Waals surface area contributed by atoms with Gasteiger partial charge in [0.1, 0.15) is 11.4 Å². The lowest BCUT2D eigenvalue weighted by molar-refractivity contribution is 0.0347. The van der Waals surface area contributed by atoms with E-state index in [4.69, 9.17) is 4.74 Å². The van der Waals surface area contributed by atoms with Crippen LogP contribution >= 0.6 is 0 Å². The molecular weight excluding hydrogens is 260 g/mol. The number of hydrogen-bond acceptors (Lipinski definition) is 2. The van der Waals surface area contributed by atoms with Crippen LogP contribution in [-0.2, 0) is 11.0 Å². The fraction of sp³-hybridized carbons (Fsp3) is 0.368. The first-order chi connectivity index (χ1) is 9.91. The number of ether oxygens (including phenoxy) is 1. The third-order valence-corrected chi connectivity index (χ3v) is 4.26. The van der Waals surface area contributed by atoms with Crippen molar-refractivity contribution in [2.24, 2.45) is 0 Å². The summed E-state index contributed by atoms with van der Waals surface area (Å²) in [5.74, 6) is 0.792. The zero-order valence-corrected chi connectivity index (χ0v) is 12.9. The van der Waals surface area contributed by atoms with E-state index in [1.807, 2.05) is 36.4 Å². The summed E-state index contributed by atoms with van der Waals surface area (Å²) in [4.78, 5) is 0. The van der Waals surface area contributed by atoms with Crippen molar-refractivity contribution in [2.75, 3.05) is 6.61 Å². The summed E-state index contributed by atoms with van der Waals surface area (Å²) in [6, 6.07) is 16.1. The second-order valence-electron chi connectivity index (χ2n) is 6.79. The summed E-state index contributed by atoms with van der Waals surface area (Å²) in [6.07, 6.45) is 0.581. The minimum atomic E-state index is -0.962. The SMILES string of the molecule is CC(C)(C)c1ccc2c(c1)C(O)(c1ccccc1)CCO2. The Hall–Kier alpha value is -1.80. The Morgan fingerprint density at radius 3 is 2.43 bits per heavy atom. The topological polar surface area (TPSA) is 29.5 Å². The van der Waals surface area contributed by atoms with Gasteiger partial charge in [-0.1, -0.05) is 57.2 Å². The standard InChI is InChI=1S/C19H22O2/c1-18(2,3)15-9-10-17-16(13-15)19(20,11-12-21-17)14-7-5-4-6-8-14/h4-10,13,20H,11-12H2,1-3H3. The molecule has 1 N–H and O–H groups in total. The van der Waals surface area contributed by atoms with Gasteiger partial charge in [-0.05, 0) is 28.7 Å². The number of aliphatic hydroxyl groups is 1. The highest BCUT2D eigenvalue weighted by Crippen LogP contribution is 2.43. The number of benzene rings is 2. The van der Waals surface area contributed by atoms with Crippen LogP contribution in [0.5, 0.6) is 5.75 Å². The first-order valence-corrected chi connectivity index (χ1v) is 7.47. The fourth-order valence-corrected chi connectivity index (χ4v) is 2.90. The first kappa shape index (κ1) is 14.2. The van der Waals surface area contributed by atoms with Gasteiger partial charge in [-0.2, -0.15) is 0 Å². The van der Waals surface area contributed by atoms with E-state index < -0.39 is 5.60 Å². The second-order valence-corrected chi connectivity index (χ2v) is 6.79. The monoisotopic (exact) mass is 282 g/mol. The van der Waals surface area contributed by atoms with Gasteiger partial charge < -0.3 is 9.84 Å². The van der Waals surface area contributed by atoms with Crippen LogP contribution in [0, 0.1) is 0 Å². The van der Waals surface area contributed by atoms with Crippen LogP contribution in [0.2, 0.25) is 0 Å². The molecule has 2 aromatic rings. The molecule has 0 spiro atoms. The molecule has 0 saturated carbocycles. The quantitative estimate of drug-likeness (QED) is 0.856. The van der Waals surface area contributed by atoms with Crippen LogP contribution in [0.15, 0.2) is 48.5 Å². The summed E-state index contributed by atoms with van der Waals surface area (Å²) in [6.45, 7) is 7.08. The zero-order valence-electron chi connectivity index (χ0n) is 12.9. The molecule has 110 valence electrons. The Morgan fingerprint density at radius 1 is 1.05 bits per heavy atom. The zero-order chi connectivity index (χ0) is 15.1. The van der Waals surface area contributed by atoms with Gasteiger partial charge in [-0.15, -0.1) is 0 Å². The maximum absolute atomic E-state index is 11.3. The predicted octanol–water partition coefficient (Wildman–Crippen LogP) is 4.00. The summed E-state index contributed by atoms with van der Waals surface area (Å²) >= 11 is 0. The molecule has 1 heterocycles. The molecule has 1 aliphatic heterocycles. The van der Waals surface area contributed by atoms with Crippen LogP contribution in [0.4, 0.5) is 0 Å². The van der Waals surface area contributed by atoms with Gasteiger partial charge in [0.15, 0.2) is 0 Å². The molecule has 0 fully saturated rings. The van der Waals surface area contributed by atoms with Crippen molar-refractivity contribution in [1.29, 1.82) is 0 Å². The molecule has 21 heavy (non-hydrogen) atoms. The van der Waals surface area contributed by atoms with Crippen molar-refractivity contribution in [2.45, 2.75) is 38.2 Å². The van der Waals surface area contributed by atoms with E-state index in [0.29, 0.717) is 13.0 Å². The van der Waals surface area contributed by atoms with Crippen molar-refractivity contribution < 1.29 is 9.84 Å². The highest BCUT2D eigenvalue weighted by molar-refractivity contribution is 5.49. The molecule has 0 aromatic heterocycles. The van der Waals surface area contributed by atoms with E-state index in [9.17, 15) is 5.11 Å². The Bertz CT molecular complexity index is 640. The Balaban J connectivity index is 2.17. The second kappa shape index (κ2) is 4.88. The normalized spacial score (nSPS) is 21.5. The van der Waals surface area contributed by atoms with Gasteiger partial charge in [0.2, 0.25) is 0 Å². The molecule has 1 atom stereocenters. The lowest BCUT2D eigenvalue weighted by Gasteiger charge is -2.36. The van der Waals surface area contributed by atoms with Crippen LogP contribution in [0.3, 0.4) is 0 Å². The van der Waals surface area contributed by atoms with Gasteiger partial charge in [0.05, 0.1) is 6.61 Å². The lowest BCUT2D eigenvalue weighted by atomic mass is 9.78. The van der Waals surface area contributed by atoms with Gasteiger partial charge in [-0.3, -0.25) is 0 Å². The van der Waals surface area contributed by atoms with Crippen molar-refractivity contribution in [3.05, 3.63) is 65.2 Å². The van der Waals surface area contributed by atoms with E-state index >= 15 is 0 Å². The van der Waals surface area contributed by atoms with Crippen molar-refractivity contribution >= 4 is 0 Å². The van der Waals surface area contributed by atoms with Crippen LogP contribution in [0.25, 0.3) is 0 Å². The Kier molecular flexibility index (Phi) is 3.29. The largest absolute Gasteiger partial charge is 0.493 e. The molecule has 0 radical (unpaired) electrons. The van der Waals surface area contributed by atoms with Crippen molar-refractivity contribution in [3.63, 3.8) is 0 Å². The summed E-state index contributed by atoms with van der Waals surface area (Å²) in [5.41, 5.74) is 2.11. The number of hydrogen-bond donors (Lipinski definition) is 1. The van der Waals surface area contributed by atoms with E-state index in [-0.39, 0.29) is 5.41 Å². The maximum atomic E-state index is 11.3. The molecule has 1 aliphatic rings. The molecule has 0 saturated heterocycles. The molecule has 0 aliphatic carbocycles. The Labute approximate surface area is 126 Å². The molecule has 1 unspecified atom stereocenters. The summed E-state index contributed by atoms with van der Waals surface area (Å²) in [7, 11) is 0. The highest BCUT2D eigenvalue weighted by Gasteiger charge is 2.38. The molecule has 3 rings (SSSR count). The fourth-order valence-electron chi connectivity index (χ4n) is 2.90. The number of rotatable bonds is 1. The average Bonchev–Trinajstić information content (AvgIpc) is 2.47. The maximum Gasteiger partial charge on any atom is 0.125 e. The molecule has 2 heteroatoms. The number of fused-ring (bicyclic) bond motifs is 1. The van der Waals surface area contributed by atoms with Crippen LogP contribution in [-0.4, -0.2) is 11.7 Å². The molecule has 2 nitrogen and oxygen atoms in total. The van der Waals surface area contributed by atoms with Crippen molar-refractivity contribution in [1.82, 2.24) is 0 Å². The molecule has 0 amide bonds. The van der Waals surface area contributed by atoms with E-state index in [1.165, 1.54) is 5.56 Å². The van der Waals surface area contributed by atoms with Crippen LogP contribution < -0.4 is 4.74 Å². The Morgan fingerprint density at radius 2 is 1.76 bits per heavy atom. The third kappa shape index (κ3) is 2.44. The van der Waals surface area contributed by atoms with E-state index in [1.54, 1.807) is 0 Å². The molecule has 0 bridgehead atoms. The average molecular weight is 282 g/mol.